The van der Waals surface area contributed by atoms with Crippen LogP contribution in [0.4, 0.5) is 5.82 Å². The number of aromatic amines is 2. The van der Waals surface area contributed by atoms with Crippen molar-refractivity contribution in [2.24, 2.45) is 0 Å². The molecule has 0 atom stereocenters. The summed E-state index contributed by atoms with van der Waals surface area (Å²) < 4.78 is 0. The van der Waals surface area contributed by atoms with Gasteiger partial charge in [-0.15, -0.1) is 0 Å². The Balaban J connectivity index is 2.02. The third-order valence-corrected chi connectivity index (χ3v) is 3.21. The van der Waals surface area contributed by atoms with Crippen molar-refractivity contribution in [1.29, 1.82) is 0 Å². The lowest BCUT2D eigenvalue weighted by Gasteiger charge is -2.16. The van der Waals surface area contributed by atoms with Gasteiger partial charge in [-0.2, -0.15) is 0 Å². The van der Waals surface area contributed by atoms with Gasteiger partial charge in [0.2, 0.25) is 0 Å². The molecule has 128 valence electrons. The van der Waals surface area contributed by atoms with Crippen molar-refractivity contribution in [2.45, 2.75) is 32.6 Å². The van der Waals surface area contributed by atoms with Gasteiger partial charge in [-0.3, -0.25) is 14.4 Å². The van der Waals surface area contributed by atoms with Gasteiger partial charge in [-0.1, -0.05) is 20.8 Å². The third kappa shape index (κ3) is 4.28. The zero-order valence-electron chi connectivity index (χ0n) is 13.8. The molecule has 2 rings (SSSR count). The second-order valence-electron chi connectivity index (χ2n) is 6.35. The molecule has 0 aromatic carbocycles. The number of nitrogens with one attached hydrogen (secondary N) is 3. The van der Waals surface area contributed by atoms with Crippen molar-refractivity contribution in [2.75, 3.05) is 12.3 Å². The normalized spacial score (nSPS) is 11.3. The van der Waals surface area contributed by atoms with Gasteiger partial charge in [0, 0.05) is 30.6 Å². The molecule has 9 nitrogen and oxygen atoms in total. The maximum Gasteiger partial charge on any atom is 0.263 e. The molecule has 2 aromatic heterocycles. The molecule has 0 radical (unpaired) electrons. The topological polar surface area (TPSA) is 147 Å². The van der Waals surface area contributed by atoms with Crippen molar-refractivity contribution >= 4 is 11.7 Å². The van der Waals surface area contributed by atoms with Gasteiger partial charge >= 0.3 is 0 Å². The van der Waals surface area contributed by atoms with Crippen molar-refractivity contribution in [3.63, 3.8) is 0 Å². The van der Waals surface area contributed by atoms with E-state index in [1.54, 1.807) is 0 Å². The van der Waals surface area contributed by atoms with Crippen LogP contribution >= 0.6 is 0 Å². The lowest BCUT2D eigenvalue weighted by Crippen LogP contribution is -2.33. The number of hydrogen-bond donors (Lipinski definition) is 4. The highest BCUT2D eigenvalue weighted by molar-refractivity contribution is 5.93. The molecule has 0 fully saturated rings. The number of aromatic nitrogens is 4. The average molecular weight is 332 g/mol. The molecule has 0 aliphatic rings. The van der Waals surface area contributed by atoms with Crippen LogP contribution < -0.4 is 22.2 Å². The number of anilines is 1. The fraction of sp³-hybridized carbons (Fsp3) is 0.400. The number of nitrogens with two attached hydrogens (primary N) is 1. The van der Waals surface area contributed by atoms with Crippen LogP contribution in [0.15, 0.2) is 21.9 Å². The molecule has 0 aliphatic carbocycles. The molecule has 1 amide bonds. The van der Waals surface area contributed by atoms with Crippen LogP contribution in [0.2, 0.25) is 0 Å². The van der Waals surface area contributed by atoms with Gasteiger partial charge in [0.05, 0.1) is 0 Å². The van der Waals surface area contributed by atoms with E-state index in [1.165, 1.54) is 12.3 Å². The maximum atomic E-state index is 12.1. The monoisotopic (exact) mass is 332 g/mol. The van der Waals surface area contributed by atoms with Crippen LogP contribution in [0.3, 0.4) is 0 Å². The van der Waals surface area contributed by atoms with E-state index in [9.17, 15) is 14.4 Å². The van der Waals surface area contributed by atoms with Crippen LogP contribution in [0.5, 0.6) is 0 Å². The van der Waals surface area contributed by atoms with Crippen LogP contribution in [0.25, 0.3) is 0 Å². The summed E-state index contributed by atoms with van der Waals surface area (Å²) in [7, 11) is 0. The second kappa shape index (κ2) is 6.65. The summed E-state index contributed by atoms with van der Waals surface area (Å²) in [6.07, 6.45) is 1.53. The lowest BCUT2D eigenvalue weighted by atomic mass is 9.96. The average Bonchev–Trinajstić information content (AvgIpc) is 2.45. The van der Waals surface area contributed by atoms with E-state index >= 15 is 0 Å². The third-order valence-electron chi connectivity index (χ3n) is 3.21. The van der Waals surface area contributed by atoms with Gasteiger partial charge in [0.1, 0.15) is 23.0 Å². The Morgan fingerprint density at radius 3 is 2.58 bits per heavy atom. The molecule has 2 heterocycles. The smallest absolute Gasteiger partial charge is 0.263 e. The van der Waals surface area contributed by atoms with Crippen LogP contribution in [0.1, 0.15) is 42.8 Å². The molecule has 2 aromatic rings. The summed E-state index contributed by atoms with van der Waals surface area (Å²) in [6, 6.07) is 1.17. The quantitative estimate of drug-likeness (QED) is 0.605. The number of carbonyl (C=O) groups excluding carboxylic acids is 1. The molecule has 0 aliphatic heterocycles. The largest absolute Gasteiger partial charge is 0.383 e. The van der Waals surface area contributed by atoms with Gasteiger partial charge in [-0.05, 0) is 0 Å². The number of amides is 1. The number of nitrogens with zero attached hydrogens (tertiary/aromatic N) is 2. The summed E-state index contributed by atoms with van der Waals surface area (Å²) in [5.74, 6) is 0.426. The minimum atomic E-state index is -0.546. The fourth-order valence-electron chi connectivity index (χ4n) is 1.97. The van der Waals surface area contributed by atoms with Gasteiger partial charge in [0.15, 0.2) is 0 Å². The Bertz CT molecular complexity index is 862. The van der Waals surface area contributed by atoms with Crippen LogP contribution in [-0.4, -0.2) is 32.4 Å². The molecule has 0 saturated carbocycles. The number of rotatable bonds is 4. The molecule has 9 heteroatoms. The van der Waals surface area contributed by atoms with Gasteiger partial charge in [0.25, 0.3) is 17.0 Å². The zero-order valence-corrected chi connectivity index (χ0v) is 13.8. The lowest BCUT2D eigenvalue weighted by molar-refractivity contribution is 0.0952. The van der Waals surface area contributed by atoms with Gasteiger partial charge < -0.3 is 21.0 Å². The van der Waals surface area contributed by atoms with E-state index in [2.05, 4.69) is 25.3 Å². The summed E-state index contributed by atoms with van der Waals surface area (Å²) >= 11 is 0. The second-order valence-corrected chi connectivity index (χ2v) is 6.35. The van der Waals surface area contributed by atoms with Crippen molar-refractivity contribution in [3.05, 3.63) is 50.2 Å². The number of hydrogen-bond acceptors (Lipinski definition) is 6. The Morgan fingerprint density at radius 2 is 2.00 bits per heavy atom. The number of nitrogen functional groups attached to an aromatic ring is 1. The Labute approximate surface area is 137 Å². The minimum Gasteiger partial charge on any atom is -0.383 e. The Morgan fingerprint density at radius 1 is 1.29 bits per heavy atom. The molecule has 0 spiro atoms. The van der Waals surface area contributed by atoms with Crippen LogP contribution in [0, 0.1) is 0 Å². The standard InChI is InChI=1S/C15H20N6O3/c1-15(2,3)14-18-7-8(13(24)21-14)12(23)17-5-4-10-19-9(16)6-11(22)20-10/h6-7H,4-5H2,1-3H3,(H,17,23)(H,18,21,24)(H3,16,19,20,22). The predicted octanol–water partition coefficient (Wildman–Crippen LogP) is -0.295. The van der Waals surface area contributed by atoms with Crippen molar-refractivity contribution in [3.8, 4) is 0 Å². The van der Waals surface area contributed by atoms with E-state index in [-0.39, 0.29) is 35.3 Å². The molecule has 5 N–H and O–H groups in total. The summed E-state index contributed by atoms with van der Waals surface area (Å²) in [5.41, 5.74) is 4.23. The van der Waals surface area contributed by atoms with E-state index in [1.807, 2.05) is 20.8 Å². The molecule has 0 saturated heterocycles. The first-order chi connectivity index (χ1) is 11.2. The molecule has 0 bridgehead atoms. The SMILES string of the molecule is CC(C)(C)c1ncc(C(=O)NCCc2nc(N)cc(=O)[nH]2)c(=O)[nH]1. The highest BCUT2D eigenvalue weighted by Gasteiger charge is 2.19. The van der Waals surface area contributed by atoms with E-state index < -0.39 is 11.5 Å². The fourth-order valence-corrected chi connectivity index (χ4v) is 1.97. The number of carbonyl (C=O) groups is 1. The van der Waals surface area contributed by atoms with Crippen molar-refractivity contribution in [1.82, 2.24) is 25.3 Å². The highest BCUT2D eigenvalue weighted by atomic mass is 16.2. The molecule has 24 heavy (non-hydrogen) atoms. The molecular formula is C15H20N6O3. The zero-order chi connectivity index (χ0) is 17.9. The first kappa shape index (κ1) is 17.4. The van der Waals surface area contributed by atoms with E-state index in [4.69, 9.17) is 5.73 Å². The summed E-state index contributed by atoms with van der Waals surface area (Å²) in [5, 5.41) is 2.58. The summed E-state index contributed by atoms with van der Waals surface area (Å²) in [4.78, 5) is 48.6. The molecular weight excluding hydrogens is 312 g/mol. The minimum absolute atomic E-state index is 0.0722. The highest BCUT2D eigenvalue weighted by Crippen LogP contribution is 2.15. The first-order valence-electron chi connectivity index (χ1n) is 7.40. The van der Waals surface area contributed by atoms with E-state index in [0.29, 0.717) is 11.6 Å². The Kier molecular flexibility index (Phi) is 4.82. The van der Waals surface area contributed by atoms with Crippen LogP contribution in [-0.2, 0) is 11.8 Å². The van der Waals surface area contributed by atoms with Gasteiger partial charge in [-0.25, -0.2) is 9.97 Å². The Hall–Kier alpha value is -2.97. The maximum absolute atomic E-state index is 12.1. The number of H-pyrrole nitrogens is 2. The predicted molar refractivity (Wildman–Crippen MR) is 88.9 cm³/mol. The van der Waals surface area contributed by atoms with E-state index in [0.717, 1.165) is 0 Å². The van der Waals surface area contributed by atoms with Crippen molar-refractivity contribution < 1.29 is 4.79 Å². The first-order valence-corrected chi connectivity index (χ1v) is 7.40. The molecule has 0 unspecified atom stereocenters. The summed E-state index contributed by atoms with van der Waals surface area (Å²) in [6.45, 7) is 5.91.